The maximum Gasteiger partial charge on any atom is 0.335 e. The van der Waals surface area contributed by atoms with Crippen molar-refractivity contribution < 1.29 is 54.1 Å². The molecule has 4 aliphatic carbocycles. The maximum atomic E-state index is 14.3. The van der Waals surface area contributed by atoms with Gasteiger partial charge in [0.05, 0.1) is 23.9 Å². The highest BCUT2D eigenvalue weighted by molar-refractivity contribution is 5.93. The molecule has 14 atom stereocenters. The fraction of sp³-hybridized carbons (Fsp3) is 0.733. The summed E-state index contributed by atoms with van der Waals surface area (Å²) in [5.41, 5.74) is -6.55. The van der Waals surface area contributed by atoms with E-state index in [1.165, 1.54) is 18.4 Å². The molecule has 0 aromatic carbocycles. The predicted molar refractivity (Wildman–Crippen MR) is 141 cm³/mol. The van der Waals surface area contributed by atoms with Crippen LogP contribution in [-0.4, -0.2) is 96.3 Å². The van der Waals surface area contributed by atoms with E-state index in [2.05, 4.69) is 0 Å². The number of fused-ring (bicyclic) bond motifs is 8. The molecule has 12 heteroatoms. The number of carbonyl (C=O) groups is 1. The van der Waals surface area contributed by atoms with Crippen molar-refractivity contribution in [2.24, 2.45) is 16.7 Å². The summed E-state index contributed by atoms with van der Waals surface area (Å²) in [6.07, 6.45) is -5.47. The van der Waals surface area contributed by atoms with Crippen LogP contribution in [-0.2, 0) is 19.0 Å². The summed E-state index contributed by atoms with van der Waals surface area (Å²) < 4.78 is 22.9. The third-order valence-corrected chi connectivity index (χ3v) is 11.7. The van der Waals surface area contributed by atoms with Gasteiger partial charge in [-0.25, -0.2) is 4.79 Å². The molecule has 230 valence electrons. The lowest BCUT2D eigenvalue weighted by molar-refractivity contribution is -0.343. The molecule has 2 bridgehead atoms. The molecule has 5 fully saturated rings. The van der Waals surface area contributed by atoms with Gasteiger partial charge in [0.25, 0.3) is 0 Å². The van der Waals surface area contributed by atoms with Gasteiger partial charge in [0.2, 0.25) is 0 Å². The first-order valence-electron chi connectivity index (χ1n) is 14.6. The van der Waals surface area contributed by atoms with E-state index in [0.29, 0.717) is 11.1 Å². The Balaban J connectivity index is 1.32. The number of ether oxygens (including phenoxy) is 3. The van der Waals surface area contributed by atoms with Crippen molar-refractivity contribution in [2.45, 2.75) is 119 Å². The summed E-state index contributed by atoms with van der Waals surface area (Å²) >= 11 is 0. The third-order valence-electron chi connectivity index (χ3n) is 11.7. The number of aliphatic hydroxyl groups excluding tert-OH is 3. The average Bonchev–Trinajstić information content (AvgIpc) is 3.18. The molecule has 6 aliphatic rings. The molecular weight excluding hydrogens is 552 g/mol. The first-order valence-corrected chi connectivity index (χ1v) is 14.6. The Kier molecular flexibility index (Phi) is 6.02. The summed E-state index contributed by atoms with van der Waals surface area (Å²) in [4.78, 5) is 25.9. The molecule has 0 amide bonds. The zero-order valence-electron chi connectivity index (χ0n) is 23.7. The van der Waals surface area contributed by atoms with E-state index in [1.807, 2.05) is 0 Å². The number of Topliss-reactive ketones (excluding diaryl/α,β-unsaturated/α-hetero) is 1. The van der Waals surface area contributed by atoms with Crippen LogP contribution in [0.2, 0.25) is 0 Å². The summed E-state index contributed by atoms with van der Waals surface area (Å²) in [7, 11) is 0. The van der Waals surface area contributed by atoms with Crippen molar-refractivity contribution in [1.29, 1.82) is 0 Å². The van der Waals surface area contributed by atoms with Crippen molar-refractivity contribution >= 4 is 5.78 Å². The number of ketones is 1. The third kappa shape index (κ3) is 3.33. The largest absolute Gasteiger partial charge is 0.431 e. The van der Waals surface area contributed by atoms with Crippen LogP contribution in [0.4, 0.5) is 0 Å². The van der Waals surface area contributed by atoms with Crippen molar-refractivity contribution in [3.63, 3.8) is 0 Å². The quantitative estimate of drug-likeness (QED) is 0.232. The van der Waals surface area contributed by atoms with Crippen molar-refractivity contribution in [3.05, 3.63) is 46.0 Å². The highest BCUT2D eigenvalue weighted by Crippen LogP contribution is 2.70. The topological polar surface area (TPSA) is 196 Å². The minimum absolute atomic E-state index is 0.00588. The van der Waals surface area contributed by atoms with Gasteiger partial charge >= 0.3 is 5.63 Å². The lowest BCUT2D eigenvalue weighted by Crippen LogP contribution is -2.78. The highest BCUT2D eigenvalue weighted by Gasteiger charge is 2.79. The number of aliphatic hydroxyl groups is 6. The molecule has 2 saturated heterocycles. The molecule has 3 heterocycles. The lowest BCUT2D eigenvalue weighted by Gasteiger charge is -2.66. The SMILES string of the molecule is C[C@H]1C[C@]2(O)O[C@@H]3C[C@@]4(C)C(=CC[C@]5(O)[C@@H]4[C@H](O)C(=O)[C@]4(C)[C@@H](c6ccc(=O)oc6)CC[C@]54O)[C@@H](O)[C@H]3O[C@H](O1)[C@H]2O. The molecule has 2 aliphatic heterocycles. The van der Waals surface area contributed by atoms with E-state index in [9.17, 15) is 40.2 Å². The maximum absolute atomic E-state index is 14.3. The van der Waals surface area contributed by atoms with Gasteiger partial charge < -0.3 is 49.3 Å². The summed E-state index contributed by atoms with van der Waals surface area (Å²) in [5, 5.41) is 70.6. The number of carbonyl (C=O) groups excluding carboxylic acids is 1. The fourth-order valence-electron chi connectivity index (χ4n) is 9.75. The monoisotopic (exact) mass is 590 g/mol. The normalized spacial score (nSPS) is 55.0. The molecule has 0 unspecified atom stereocenters. The molecule has 0 radical (unpaired) electrons. The zero-order chi connectivity index (χ0) is 30.2. The van der Waals surface area contributed by atoms with E-state index in [-0.39, 0.29) is 32.1 Å². The lowest BCUT2D eigenvalue weighted by atomic mass is 9.42. The first kappa shape index (κ1) is 28.8. The van der Waals surface area contributed by atoms with E-state index in [1.54, 1.807) is 26.8 Å². The molecule has 1 aromatic rings. The van der Waals surface area contributed by atoms with Crippen molar-refractivity contribution in [2.75, 3.05) is 0 Å². The Bertz CT molecular complexity index is 1390. The molecular formula is C30H38O12. The summed E-state index contributed by atoms with van der Waals surface area (Å²) in [6, 6.07) is 2.76. The Hall–Kier alpha value is -2.00. The molecule has 12 nitrogen and oxygen atoms in total. The first-order chi connectivity index (χ1) is 19.6. The smallest absolute Gasteiger partial charge is 0.335 e. The van der Waals surface area contributed by atoms with E-state index >= 15 is 0 Å². The highest BCUT2D eigenvalue weighted by atomic mass is 16.7. The van der Waals surface area contributed by atoms with Crippen LogP contribution in [0, 0.1) is 16.7 Å². The zero-order valence-corrected chi connectivity index (χ0v) is 23.7. The standard InChI is InChI=1S/C30H38O12/c1-13-10-29(37)24(35)25(40-13)41-21-17(42-29)11-26(2)16(19(21)32)6-8-28(36)22(26)20(33)23(34)27(3)15(7-9-30(27,28)38)14-4-5-18(31)39-12-14/h4-6,12-13,15,17,19-22,24-25,32-33,35-38H,7-11H2,1-3H3/t13-,15+,17+,19+,20-,21-,22+,24+,25-,26-,27-,28-,29-,30+/m0/s1. The van der Waals surface area contributed by atoms with Crippen LogP contribution in [0.3, 0.4) is 0 Å². The molecule has 6 N–H and O–H groups in total. The minimum atomic E-state index is -2.04. The van der Waals surface area contributed by atoms with Crippen molar-refractivity contribution in [3.8, 4) is 0 Å². The van der Waals surface area contributed by atoms with Gasteiger partial charge in [-0.05, 0) is 56.7 Å². The molecule has 1 aromatic heterocycles. The Morgan fingerprint density at radius 3 is 2.40 bits per heavy atom. The van der Waals surface area contributed by atoms with Crippen LogP contribution in [0.25, 0.3) is 0 Å². The number of hydrogen-bond donors (Lipinski definition) is 6. The second-order valence-corrected chi connectivity index (χ2v) is 13.7. The van der Waals surface area contributed by atoms with Gasteiger partial charge in [0.15, 0.2) is 24.0 Å². The van der Waals surface area contributed by atoms with Crippen LogP contribution >= 0.6 is 0 Å². The molecule has 42 heavy (non-hydrogen) atoms. The van der Waals surface area contributed by atoms with Gasteiger partial charge in [0, 0.05) is 29.7 Å². The van der Waals surface area contributed by atoms with Crippen LogP contribution < -0.4 is 5.63 Å². The molecule has 3 saturated carbocycles. The second-order valence-electron chi connectivity index (χ2n) is 13.7. The van der Waals surface area contributed by atoms with Crippen molar-refractivity contribution in [1.82, 2.24) is 0 Å². The second kappa shape index (κ2) is 8.80. The van der Waals surface area contributed by atoms with Gasteiger partial charge in [0.1, 0.15) is 29.5 Å². The number of hydrogen-bond acceptors (Lipinski definition) is 12. The number of rotatable bonds is 1. The summed E-state index contributed by atoms with van der Waals surface area (Å²) in [6.45, 7) is 4.95. The van der Waals surface area contributed by atoms with E-state index < -0.39 is 94.0 Å². The van der Waals surface area contributed by atoms with Gasteiger partial charge in [-0.2, -0.15) is 0 Å². The van der Waals surface area contributed by atoms with Gasteiger partial charge in [-0.15, -0.1) is 0 Å². The predicted octanol–water partition coefficient (Wildman–Crippen LogP) is -0.385. The Morgan fingerprint density at radius 2 is 1.71 bits per heavy atom. The minimum Gasteiger partial charge on any atom is -0.431 e. The average molecular weight is 591 g/mol. The fourth-order valence-corrected chi connectivity index (χ4v) is 9.75. The van der Waals surface area contributed by atoms with Crippen LogP contribution in [0.1, 0.15) is 64.4 Å². The van der Waals surface area contributed by atoms with Gasteiger partial charge in [-0.1, -0.05) is 13.0 Å². The van der Waals surface area contributed by atoms with Gasteiger partial charge in [-0.3, -0.25) is 4.79 Å². The molecule has 0 spiro atoms. The summed E-state index contributed by atoms with van der Waals surface area (Å²) in [5.74, 6) is -4.59. The molecule has 7 rings (SSSR count). The van der Waals surface area contributed by atoms with Crippen LogP contribution in [0.15, 0.2) is 39.3 Å². The Labute approximate surface area is 241 Å². The van der Waals surface area contributed by atoms with Crippen LogP contribution in [0.5, 0.6) is 0 Å². The van der Waals surface area contributed by atoms with E-state index in [4.69, 9.17) is 18.6 Å². The van der Waals surface area contributed by atoms with E-state index in [0.717, 1.165) is 0 Å². The Morgan fingerprint density at radius 1 is 0.976 bits per heavy atom.